The second-order valence-corrected chi connectivity index (χ2v) is 6.92. The van der Waals surface area contributed by atoms with Gasteiger partial charge in [-0.1, -0.05) is 23.9 Å². The number of aliphatic hydroxyl groups excluding tert-OH is 1. The summed E-state index contributed by atoms with van der Waals surface area (Å²) >= 11 is 2.77. The van der Waals surface area contributed by atoms with Crippen molar-refractivity contribution >= 4 is 35.4 Å². The van der Waals surface area contributed by atoms with E-state index >= 15 is 0 Å². The van der Waals surface area contributed by atoms with Gasteiger partial charge in [0.15, 0.2) is 6.10 Å². The number of carboxylic acid groups (broad SMARTS) is 1. The molecule has 0 radical (unpaired) electrons. The van der Waals surface area contributed by atoms with Crippen molar-refractivity contribution in [3.05, 3.63) is 17.0 Å². The van der Waals surface area contributed by atoms with Crippen LogP contribution in [0, 0.1) is 0 Å². The van der Waals surface area contributed by atoms with E-state index in [0.717, 1.165) is 17.1 Å². The highest BCUT2D eigenvalue weighted by Crippen LogP contribution is 2.41. The smallest absolute Gasteiger partial charge is 0.352 e. The fourth-order valence-corrected chi connectivity index (χ4v) is 4.79. The van der Waals surface area contributed by atoms with Crippen molar-refractivity contribution in [1.82, 2.24) is 20.3 Å². The van der Waals surface area contributed by atoms with Crippen LogP contribution < -0.4 is 0 Å². The van der Waals surface area contributed by atoms with Crippen LogP contribution in [0.2, 0.25) is 0 Å². The number of rotatable bonds is 5. The molecule has 1 aromatic heterocycles. The zero-order valence-corrected chi connectivity index (χ0v) is 13.3. The number of H-pyrrole nitrogens is 1. The SMILES string of the molecule is CCc1[nH]nnc1SCC1=C(C(=O)O)N2C(=O)[C@@H](O)[C@H]2SC1. The van der Waals surface area contributed by atoms with Crippen LogP contribution in [0.25, 0.3) is 0 Å². The number of carbonyl (C=O) groups is 2. The van der Waals surface area contributed by atoms with Crippen LogP contribution in [-0.2, 0) is 16.0 Å². The summed E-state index contributed by atoms with van der Waals surface area (Å²) in [5.74, 6) is -0.801. The van der Waals surface area contributed by atoms with Gasteiger partial charge in [0, 0.05) is 11.5 Å². The van der Waals surface area contributed by atoms with E-state index < -0.39 is 23.4 Å². The van der Waals surface area contributed by atoms with Gasteiger partial charge in [0.1, 0.15) is 16.1 Å². The molecule has 0 unspecified atom stereocenters. The highest BCUT2D eigenvalue weighted by Gasteiger charge is 2.52. The second kappa shape index (κ2) is 5.94. The lowest BCUT2D eigenvalue weighted by atomic mass is 10.1. The Hall–Kier alpha value is -1.52. The van der Waals surface area contributed by atoms with E-state index in [4.69, 9.17) is 0 Å². The number of aliphatic carboxylic acids is 1. The summed E-state index contributed by atoms with van der Waals surface area (Å²) in [5, 5.41) is 29.8. The molecule has 118 valence electrons. The molecule has 1 fully saturated rings. The number of aryl methyl sites for hydroxylation is 1. The fourth-order valence-electron chi connectivity index (χ4n) is 2.38. The van der Waals surface area contributed by atoms with E-state index in [-0.39, 0.29) is 5.70 Å². The number of fused-ring (bicyclic) bond motifs is 1. The van der Waals surface area contributed by atoms with Crippen molar-refractivity contribution in [2.24, 2.45) is 0 Å². The maximum absolute atomic E-state index is 11.7. The predicted molar refractivity (Wildman–Crippen MR) is 80.2 cm³/mol. The molecule has 0 spiro atoms. The average Bonchev–Trinajstić information content (AvgIpc) is 2.98. The first-order chi connectivity index (χ1) is 10.5. The lowest BCUT2D eigenvalue weighted by molar-refractivity contribution is -0.159. The van der Waals surface area contributed by atoms with Crippen LogP contribution in [-0.4, -0.2) is 65.4 Å². The highest BCUT2D eigenvalue weighted by atomic mass is 32.2. The molecule has 2 aliphatic rings. The van der Waals surface area contributed by atoms with Gasteiger partial charge in [0.2, 0.25) is 0 Å². The van der Waals surface area contributed by atoms with Crippen molar-refractivity contribution in [2.45, 2.75) is 29.8 Å². The van der Waals surface area contributed by atoms with Gasteiger partial charge in [-0.2, -0.15) is 0 Å². The fraction of sp³-hybridized carbons (Fsp3) is 0.500. The molecule has 1 amide bonds. The summed E-state index contributed by atoms with van der Waals surface area (Å²) in [7, 11) is 0. The van der Waals surface area contributed by atoms with Gasteiger partial charge in [-0.05, 0) is 12.0 Å². The molecule has 1 saturated heterocycles. The molecule has 3 heterocycles. The Morgan fingerprint density at radius 3 is 3.05 bits per heavy atom. The number of nitrogens with zero attached hydrogens (tertiary/aromatic N) is 3. The minimum absolute atomic E-state index is 0.00640. The quantitative estimate of drug-likeness (QED) is 0.508. The number of aromatic nitrogens is 3. The van der Waals surface area contributed by atoms with E-state index in [1.165, 1.54) is 28.4 Å². The number of hydrogen-bond acceptors (Lipinski definition) is 7. The standard InChI is InChI=1S/C12H14N4O4S2/c1-2-6-9(14-15-13-6)21-3-5-4-22-11-8(17)10(18)16(11)7(5)12(19)20/h8,11,17H,2-4H2,1H3,(H,19,20)(H,13,14,15)/t8-,11-/m1/s1. The third kappa shape index (κ3) is 2.40. The van der Waals surface area contributed by atoms with Gasteiger partial charge in [0.25, 0.3) is 5.91 Å². The molecular weight excluding hydrogens is 328 g/mol. The Balaban J connectivity index is 1.81. The minimum Gasteiger partial charge on any atom is -0.477 e. The maximum atomic E-state index is 11.7. The Kier molecular flexibility index (Phi) is 4.15. The number of aliphatic hydroxyl groups is 1. The maximum Gasteiger partial charge on any atom is 0.352 e. The van der Waals surface area contributed by atoms with Crippen LogP contribution in [0.5, 0.6) is 0 Å². The molecule has 2 aliphatic heterocycles. The zero-order chi connectivity index (χ0) is 15.9. The second-order valence-electron chi connectivity index (χ2n) is 4.85. The summed E-state index contributed by atoms with van der Waals surface area (Å²) < 4.78 is 0. The van der Waals surface area contributed by atoms with E-state index in [0.29, 0.717) is 17.1 Å². The number of amides is 1. The normalized spacial score (nSPS) is 24.3. The van der Waals surface area contributed by atoms with E-state index in [1.54, 1.807) is 0 Å². The molecule has 8 nitrogen and oxygen atoms in total. The molecule has 3 rings (SSSR count). The van der Waals surface area contributed by atoms with Gasteiger partial charge in [0.05, 0.1) is 5.69 Å². The first kappa shape index (κ1) is 15.4. The lowest BCUT2D eigenvalue weighted by Crippen LogP contribution is -2.64. The Morgan fingerprint density at radius 1 is 1.59 bits per heavy atom. The van der Waals surface area contributed by atoms with E-state index in [9.17, 15) is 19.8 Å². The number of β-lactam (4-membered cyclic amide) rings is 1. The summed E-state index contributed by atoms with van der Waals surface area (Å²) in [6.45, 7) is 1.97. The molecule has 0 saturated carbocycles. The van der Waals surface area contributed by atoms with Crippen LogP contribution in [0.15, 0.2) is 16.3 Å². The third-order valence-electron chi connectivity index (χ3n) is 3.54. The lowest BCUT2D eigenvalue weighted by Gasteiger charge is -2.47. The molecule has 0 bridgehead atoms. The number of aromatic amines is 1. The third-order valence-corrected chi connectivity index (χ3v) is 5.96. The largest absolute Gasteiger partial charge is 0.477 e. The van der Waals surface area contributed by atoms with Crippen LogP contribution in [0.3, 0.4) is 0 Å². The first-order valence-electron chi connectivity index (χ1n) is 6.65. The molecule has 1 aromatic rings. The highest BCUT2D eigenvalue weighted by molar-refractivity contribution is 8.01. The van der Waals surface area contributed by atoms with Crippen LogP contribution in [0.4, 0.5) is 0 Å². The summed E-state index contributed by atoms with van der Waals surface area (Å²) in [6, 6.07) is 0. The number of carboxylic acids is 1. The first-order valence-corrected chi connectivity index (χ1v) is 8.68. The van der Waals surface area contributed by atoms with Crippen molar-refractivity contribution in [2.75, 3.05) is 11.5 Å². The molecule has 0 aromatic carbocycles. The molecular formula is C12H14N4O4S2. The number of thioether (sulfide) groups is 2. The topological polar surface area (TPSA) is 119 Å². The average molecular weight is 342 g/mol. The Bertz CT molecular complexity index is 659. The van der Waals surface area contributed by atoms with Crippen molar-refractivity contribution in [3.63, 3.8) is 0 Å². The number of hydrogen-bond donors (Lipinski definition) is 3. The van der Waals surface area contributed by atoms with Gasteiger partial charge in [-0.25, -0.2) is 4.79 Å². The monoisotopic (exact) mass is 342 g/mol. The molecule has 22 heavy (non-hydrogen) atoms. The van der Waals surface area contributed by atoms with Crippen molar-refractivity contribution in [1.29, 1.82) is 0 Å². The van der Waals surface area contributed by atoms with Crippen LogP contribution >= 0.6 is 23.5 Å². The van der Waals surface area contributed by atoms with Crippen molar-refractivity contribution in [3.8, 4) is 0 Å². The predicted octanol–water partition coefficient (Wildman–Crippen LogP) is 0.0739. The molecule has 0 aliphatic carbocycles. The van der Waals surface area contributed by atoms with Gasteiger partial charge in [-0.3, -0.25) is 14.8 Å². The minimum atomic E-state index is -1.14. The molecule has 10 heteroatoms. The van der Waals surface area contributed by atoms with E-state index in [2.05, 4.69) is 15.4 Å². The van der Waals surface area contributed by atoms with Gasteiger partial charge < -0.3 is 10.2 Å². The molecule has 2 atom stereocenters. The number of carbonyl (C=O) groups excluding carboxylic acids is 1. The summed E-state index contributed by atoms with van der Waals surface area (Å²) in [5.41, 5.74) is 1.55. The Labute approximate surface area is 134 Å². The van der Waals surface area contributed by atoms with Gasteiger partial charge >= 0.3 is 5.97 Å². The van der Waals surface area contributed by atoms with Gasteiger partial charge in [-0.15, -0.1) is 16.9 Å². The Morgan fingerprint density at radius 2 is 2.36 bits per heavy atom. The van der Waals surface area contributed by atoms with Crippen LogP contribution in [0.1, 0.15) is 12.6 Å². The zero-order valence-electron chi connectivity index (χ0n) is 11.6. The number of nitrogens with one attached hydrogen (secondary N) is 1. The van der Waals surface area contributed by atoms with Crippen molar-refractivity contribution < 1.29 is 19.8 Å². The van der Waals surface area contributed by atoms with E-state index in [1.807, 2.05) is 6.92 Å². The summed E-state index contributed by atoms with van der Waals surface area (Å²) in [6.07, 6.45) is -0.343. The molecule has 3 N–H and O–H groups in total. The summed E-state index contributed by atoms with van der Waals surface area (Å²) in [4.78, 5) is 24.4.